The first kappa shape index (κ1) is 12.8. The summed E-state index contributed by atoms with van der Waals surface area (Å²) in [5.74, 6) is 0. The maximum atomic E-state index is 2.74. The Morgan fingerprint density at radius 3 is 1.81 bits per heavy atom. The molecule has 1 nitrogen and oxygen atoms in total. The molecule has 0 aromatic rings. The highest BCUT2D eigenvalue weighted by Crippen LogP contribution is 2.55. The van der Waals surface area contributed by atoms with Crippen LogP contribution < -0.4 is 0 Å². The predicted octanol–water partition coefficient (Wildman–Crippen LogP) is 3.40. The normalized spacial score (nSPS) is 36.8. The summed E-state index contributed by atoms with van der Waals surface area (Å²) in [6, 6.07) is 0. The average molecular weight is 242 g/mol. The minimum absolute atomic E-state index is 0.336. The van der Waals surface area contributed by atoms with E-state index in [-0.39, 0.29) is 0 Å². The first-order chi connectivity index (χ1) is 7.27. The van der Waals surface area contributed by atoms with Crippen molar-refractivity contribution >= 4 is 10.9 Å². The van der Waals surface area contributed by atoms with Crippen molar-refractivity contribution < 1.29 is 0 Å². The van der Waals surface area contributed by atoms with Crippen molar-refractivity contribution in [2.75, 3.05) is 13.3 Å². The summed E-state index contributed by atoms with van der Waals surface area (Å²) in [5.41, 5.74) is 0.336. The van der Waals surface area contributed by atoms with Gasteiger partial charge in [0.25, 0.3) is 0 Å². The van der Waals surface area contributed by atoms with Crippen molar-refractivity contribution in [3.63, 3.8) is 0 Å². The molecule has 0 aromatic carbocycles. The van der Waals surface area contributed by atoms with Gasteiger partial charge >= 0.3 is 0 Å². The molecule has 1 aliphatic heterocycles. The highest BCUT2D eigenvalue weighted by Gasteiger charge is 2.70. The summed E-state index contributed by atoms with van der Waals surface area (Å²) in [4.78, 5) is 3.26. The van der Waals surface area contributed by atoms with Gasteiger partial charge in [-0.2, -0.15) is 0 Å². The largest absolute Gasteiger partial charge is 0.249 e. The Kier molecular flexibility index (Phi) is 2.91. The van der Waals surface area contributed by atoms with E-state index in [0.29, 0.717) is 26.1 Å². The minimum atomic E-state index is 0.336. The summed E-state index contributed by atoms with van der Waals surface area (Å²) < 4.78 is 0.444. The number of nitrogens with zero attached hydrogens (tertiary/aromatic N) is 1. The molecule has 1 unspecified atom stereocenters. The van der Waals surface area contributed by atoms with Crippen LogP contribution >= 0.6 is 0 Å². The Labute approximate surface area is 104 Å². The zero-order valence-electron chi connectivity index (χ0n) is 11.9. The standard InChI is InChI=1S/C14H28NS/c1-12(2)13(3,4)16(6)14(15(12)5)10-8-7-9-11-14/h7-11H2,1-6H3/q+1. The fraction of sp³-hybridized carbons (Fsp3) is 1.00. The third kappa shape index (κ3) is 1.35. The molecule has 1 saturated carbocycles. The summed E-state index contributed by atoms with van der Waals surface area (Å²) in [6.07, 6.45) is 9.71. The predicted molar refractivity (Wildman–Crippen MR) is 75.0 cm³/mol. The lowest BCUT2D eigenvalue weighted by molar-refractivity contribution is 0.0622. The van der Waals surface area contributed by atoms with E-state index >= 15 is 0 Å². The minimum Gasteiger partial charge on any atom is -0.249 e. The molecule has 2 heteroatoms. The van der Waals surface area contributed by atoms with Crippen LogP contribution in [0.1, 0.15) is 59.8 Å². The third-order valence-corrected chi connectivity index (χ3v) is 9.75. The van der Waals surface area contributed by atoms with Crippen LogP contribution in [-0.4, -0.2) is 33.4 Å². The molecule has 0 aromatic heterocycles. The maximum Gasteiger partial charge on any atom is 0.182 e. The van der Waals surface area contributed by atoms with Crippen molar-refractivity contribution in [1.29, 1.82) is 0 Å². The second-order valence-electron chi connectivity index (χ2n) is 6.65. The Morgan fingerprint density at radius 1 is 0.938 bits per heavy atom. The lowest BCUT2D eigenvalue weighted by atomic mass is 9.84. The van der Waals surface area contributed by atoms with E-state index in [1.165, 1.54) is 32.1 Å². The first-order valence-corrected chi connectivity index (χ1v) is 8.30. The zero-order chi connectivity index (χ0) is 12.2. The van der Waals surface area contributed by atoms with Gasteiger partial charge in [-0.15, -0.1) is 0 Å². The molecule has 1 saturated heterocycles. The van der Waals surface area contributed by atoms with Gasteiger partial charge < -0.3 is 0 Å². The van der Waals surface area contributed by atoms with Crippen LogP contribution in [0.3, 0.4) is 0 Å². The summed E-state index contributed by atoms with van der Waals surface area (Å²) in [6.45, 7) is 9.85. The van der Waals surface area contributed by atoms with Gasteiger partial charge in [0.05, 0.1) is 11.8 Å². The lowest BCUT2D eigenvalue weighted by Crippen LogP contribution is -2.53. The Morgan fingerprint density at radius 2 is 1.44 bits per heavy atom. The number of hydrogen-bond acceptors (Lipinski definition) is 1. The molecule has 1 heterocycles. The number of rotatable bonds is 0. The van der Waals surface area contributed by atoms with E-state index < -0.39 is 0 Å². The average Bonchev–Trinajstić information content (AvgIpc) is 2.34. The van der Waals surface area contributed by atoms with Gasteiger partial charge in [-0.1, -0.05) is 6.42 Å². The maximum absolute atomic E-state index is 2.74. The molecule has 0 bridgehead atoms. The Hall–Kier alpha value is 0.310. The smallest absolute Gasteiger partial charge is 0.182 e. The van der Waals surface area contributed by atoms with Gasteiger partial charge in [0.1, 0.15) is 4.75 Å². The molecule has 0 N–H and O–H groups in total. The van der Waals surface area contributed by atoms with Gasteiger partial charge in [-0.25, -0.2) is 4.90 Å². The van der Waals surface area contributed by atoms with Crippen LogP contribution in [-0.2, 0) is 10.9 Å². The molecule has 1 spiro atoms. The van der Waals surface area contributed by atoms with Gasteiger partial charge in [0.15, 0.2) is 4.87 Å². The SMILES string of the molecule is CN1C2(CCCCC2)[S+](C)C(C)(C)C1(C)C. The van der Waals surface area contributed by atoms with Crippen molar-refractivity contribution in [2.24, 2.45) is 0 Å². The van der Waals surface area contributed by atoms with Crippen molar-refractivity contribution in [1.82, 2.24) is 4.90 Å². The molecule has 2 fully saturated rings. The van der Waals surface area contributed by atoms with Gasteiger partial charge in [0, 0.05) is 23.7 Å². The molecular formula is C14H28NS+. The van der Waals surface area contributed by atoms with E-state index in [0.717, 1.165) is 0 Å². The molecule has 0 radical (unpaired) electrons. The van der Waals surface area contributed by atoms with Crippen molar-refractivity contribution in [3.8, 4) is 0 Å². The highest BCUT2D eigenvalue weighted by molar-refractivity contribution is 7.99. The fourth-order valence-electron chi connectivity index (χ4n) is 3.71. The molecular weight excluding hydrogens is 214 g/mol. The molecule has 16 heavy (non-hydrogen) atoms. The van der Waals surface area contributed by atoms with E-state index in [4.69, 9.17) is 0 Å². The molecule has 1 aliphatic carbocycles. The van der Waals surface area contributed by atoms with Crippen LogP contribution in [0, 0.1) is 0 Å². The fourth-order valence-corrected chi connectivity index (χ4v) is 7.09. The molecule has 0 amide bonds. The molecule has 2 rings (SSSR count). The van der Waals surface area contributed by atoms with Crippen molar-refractivity contribution in [2.45, 2.75) is 75.0 Å². The first-order valence-electron chi connectivity index (χ1n) is 6.67. The second-order valence-corrected chi connectivity index (χ2v) is 9.45. The summed E-state index contributed by atoms with van der Waals surface area (Å²) >= 11 is 0. The van der Waals surface area contributed by atoms with Crippen LogP contribution in [0.5, 0.6) is 0 Å². The Bertz CT molecular complexity index is 254. The quantitative estimate of drug-likeness (QED) is 0.589. The van der Waals surface area contributed by atoms with Crippen LogP contribution in [0.25, 0.3) is 0 Å². The number of hydrogen-bond donors (Lipinski definition) is 0. The summed E-state index contributed by atoms with van der Waals surface area (Å²) in [7, 11) is 2.88. The van der Waals surface area contributed by atoms with E-state index in [1.54, 1.807) is 0 Å². The monoisotopic (exact) mass is 242 g/mol. The van der Waals surface area contributed by atoms with Gasteiger partial charge in [-0.05, 0) is 47.6 Å². The van der Waals surface area contributed by atoms with Crippen LogP contribution in [0.4, 0.5) is 0 Å². The van der Waals surface area contributed by atoms with Gasteiger partial charge in [0.2, 0.25) is 0 Å². The van der Waals surface area contributed by atoms with Crippen LogP contribution in [0.2, 0.25) is 0 Å². The third-order valence-electron chi connectivity index (χ3n) is 5.89. The Balaban J connectivity index is 2.41. The zero-order valence-corrected chi connectivity index (χ0v) is 12.7. The highest BCUT2D eigenvalue weighted by atomic mass is 32.2. The molecule has 1 atom stereocenters. The van der Waals surface area contributed by atoms with Crippen LogP contribution in [0.15, 0.2) is 0 Å². The van der Waals surface area contributed by atoms with Gasteiger partial charge in [-0.3, -0.25) is 0 Å². The molecule has 2 aliphatic rings. The topological polar surface area (TPSA) is 3.24 Å². The van der Waals surface area contributed by atoms with E-state index in [9.17, 15) is 0 Å². The van der Waals surface area contributed by atoms with E-state index in [2.05, 4.69) is 45.9 Å². The summed E-state index contributed by atoms with van der Waals surface area (Å²) in [5, 5.41) is 0. The molecule has 94 valence electrons. The van der Waals surface area contributed by atoms with Crippen molar-refractivity contribution in [3.05, 3.63) is 0 Å². The lowest BCUT2D eigenvalue weighted by Gasteiger charge is -2.39. The van der Waals surface area contributed by atoms with E-state index in [1.807, 2.05) is 0 Å². The second kappa shape index (κ2) is 3.65.